The van der Waals surface area contributed by atoms with Gasteiger partial charge in [-0.15, -0.1) is 6.42 Å². The Morgan fingerprint density at radius 3 is 2.88 bits per heavy atom. The molecule has 1 aliphatic heterocycles. The minimum atomic E-state index is -2.82. The fourth-order valence-electron chi connectivity index (χ4n) is 2.14. The van der Waals surface area contributed by atoms with Crippen LogP contribution in [0.5, 0.6) is 0 Å². The molecule has 4 nitrogen and oxygen atoms in total. The molecule has 0 bridgehead atoms. The van der Waals surface area contributed by atoms with Gasteiger partial charge in [-0.1, -0.05) is 5.92 Å². The molecule has 1 fully saturated rings. The summed E-state index contributed by atoms with van der Waals surface area (Å²) in [4.78, 5) is 2.23. The molecule has 1 saturated heterocycles. The molecule has 0 saturated carbocycles. The first kappa shape index (κ1) is 13.5. The quantitative estimate of drug-likeness (QED) is 0.546. The Labute approximate surface area is 98.3 Å². The van der Waals surface area contributed by atoms with Crippen molar-refractivity contribution in [3.63, 3.8) is 0 Å². The molecule has 0 amide bonds. The van der Waals surface area contributed by atoms with Crippen LogP contribution in [0.1, 0.15) is 13.8 Å². The normalized spacial score (nSPS) is 27.2. The van der Waals surface area contributed by atoms with E-state index in [1.54, 1.807) is 0 Å². The van der Waals surface area contributed by atoms with Crippen LogP contribution < -0.4 is 5.32 Å². The van der Waals surface area contributed by atoms with Gasteiger partial charge >= 0.3 is 0 Å². The van der Waals surface area contributed by atoms with Crippen LogP contribution in [-0.2, 0) is 9.84 Å². The molecule has 92 valence electrons. The zero-order valence-corrected chi connectivity index (χ0v) is 10.8. The number of nitrogens with zero attached hydrogens (tertiary/aromatic N) is 1. The predicted octanol–water partition coefficient (Wildman–Crippen LogP) is -0.283. The van der Waals surface area contributed by atoms with Crippen LogP contribution in [0, 0.1) is 12.3 Å². The van der Waals surface area contributed by atoms with Crippen LogP contribution >= 0.6 is 0 Å². The third-order valence-corrected chi connectivity index (χ3v) is 4.75. The fraction of sp³-hybridized carbons (Fsp3) is 0.818. The first-order chi connectivity index (χ1) is 7.46. The second-order valence-electron chi connectivity index (χ2n) is 4.39. The van der Waals surface area contributed by atoms with Crippen molar-refractivity contribution in [2.24, 2.45) is 0 Å². The van der Waals surface area contributed by atoms with Crippen molar-refractivity contribution in [1.82, 2.24) is 10.2 Å². The zero-order valence-electron chi connectivity index (χ0n) is 9.94. The van der Waals surface area contributed by atoms with Gasteiger partial charge in [0.05, 0.1) is 18.1 Å². The van der Waals surface area contributed by atoms with Crippen molar-refractivity contribution < 1.29 is 8.42 Å². The molecule has 0 spiro atoms. The summed E-state index contributed by atoms with van der Waals surface area (Å²) in [5.41, 5.74) is 0. The molecule has 0 aromatic heterocycles. The molecular weight excluding hydrogens is 224 g/mol. The maximum atomic E-state index is 11.4. The Morgan fingerprint density at radius 2 is 2.31 bits per heavy atom. The molecule has 0 radical (unpaired) electrons. The number of sulfone groups is 1. The summed E-state index contributed by atoms with van der Waals surface area (Å²) in [6, 6.07) is 0.417. The Kier molecular flexibility index (Phi) is 4.78. The number of terminal acetylenes is 1. The summed E-state index contributed by atoms with van der Waals surface area (Å²) in [5.74, 6) is 3.07. The maximum Gasteiger partial charge on any atom is 0.153 e. The lowest BCUT2D eigenvalue weighted by Crippen LogP contribution is -2.53. The molecular formula is C11H20N2O2S. The largest absolute Gasteiger partial charge is 0.305 e. The minimum absolute atomic E-state index is 0.0985. The van der Waals surface area contributed by atoms with E-state index in [4.69, 9.17) is 6.42 Å². The average molecular weight is 244 g/mol. The molecule has 0 aromatic carbocycles. The Morgan fingerprint density at radius 1 is 1.62 bits per heavy atom. The van der Waals surface area contributed by atoms with E-state index in [2.05, 4.69) is 23.1 Å². The highest BCUT2D eigenvalue weighted by molar-refractivity contribution is 7.91. The molecule has 1 heterocycles. The summed E-state index contributed by atoms with van der Waals surface area (Å²) < 4.78 is 22.8. The maximum absolute atomic E-state index is 11.4. The number of nitrogens with one attached hydrogen (secondary N) is 1. The SMILES string of the molecule is C#CCNCC(C)N1CCS(=O)(=O)CC1C. The van der Waals surface area contributed by atoms with Crippen LogP contribution in [0.3, 0.4) is 0 Å². The lowest BCUT2D eigenvalue weighted by Gasteiger charge is -2.37. The minimum Gasteiger partial charge on any atom is -0.305 e. The van der Waals surface area contributed by atoms with Crippen molar-refractivity contribution in [2.75, 3.05) is 31.1 Å². The Balaban J connectivity index is 2.46. The molecule has 2 unspecified atom stereocenters. The second-order valence-corrected chi connectivity index (χ2v) is 6.61. The number of rotatable bonds is 4. The Bertz CT molecular complexity index is 359. The fourth-order valence-corrected chi connectivity index (χ4v) is 3.72. The topological polar surface area (TPSA) is 49.4 Å². The Hall–Kier alpha value is -0.570. The summed E-state index contributed by atoms with van der Waals surface area (Å²) in [6.07, 6.45) is 5.15. The van der Waals surface area contributed by atoms with Crippen molar-refractivity contribution >= 4 is 9.84 Å². The highest BCUT2D eigenvalue weighted by Crippen LogP contribution is 2.14. The van der Waals surface area contributed by atoms with E-state index in [-0.39, 0.29) is 17.5 Å². The third kappa shape index (κ3) is 3.78. The standard InChI is InChI=1S/C11H20N2O2S/c1-4-5-12-8-10(2)13-6-7-16(14,15)9-11(13)3/h1,10-12H,5-9H2,2-3H3. The average Bonchev–Trinajstić information content (AvgIpc) is 2.16. The van der Waals surface area contributed by atoms with Gasteiger partial charge in [-0.05, 0) is 13.8 Å². The molecule has 0 aromatic rings. The molecule has 5 heteroatoms. The summed E-state index contributed by atoms with van der Waals surface area (Å²) in [5, 5.41) is 3.15. The van der Waals surface area contributed by atoms with Crippen LogP contribution in [0.4, 0.5) is 0 Å². The van der Waals surface area contributed by atoms with Gasteiger partial charge < -0.3 is 5.32 Å². The van der Waals surface area contributed by atoms with Gasteiger partial charge in [0, 0.05) is 25.2 Å². The molecule has 2 atom stereocenters. The van der Waals surface area contributed by atoms with Gasteiger partial charge in [-0.3, -0.25) is 4.90 Å². The monoisotopic (exact) mass is 244 g/mol. The first-order valence-corrected chi connectivity index (χ1v) is 7.39. The summed E-state index contributed by atoms with van der Waals surface area (Å²) in [7, 11) is -2.82. The van der Waals surface area contributed by atoms with Crippen molar-refractivity contribution in [1.29, 1.82) is 0 Å². The van der Waals surface area contributed by atoms with Crippen LogP contribution in [0.2, 0.25) is 0 Å². The first-order valence-electron chi connectivity index (χ1n) is 5.56. The molecule has 1 rings (SSSR count). The van der Waals surface area contributed by atoms with Crippen molar-refractivity contribution in [3.8, 4) is 12.3 Å². The highest BCUT2D eigenvalue weighted by atomic mass is 32.2. The van der Waals surface area contributed by atoms with Gasteiger partial charge in [0.25, 0.3) is 0 Å². The molecule has 0 aliphatic carbocycles. The van der Waals surface area contributed by atoms with E-state index in [1.807, 2.05) is 6.92 Å². The van der Waals surface area contributed by atoms with Gasteiger partial charge in [-0.25, -0.2) is 8.42 Å². The van der Waals surface area contributed by atoms with Crippen molar-refractivity contribution in [3.05, 3.63) is 0 Å². The van der Waals surface area contributed by atoms with Crippen LogP contribution in [-0.4, -0.2) is 56.5 Å². The van der Waals surface area contributed by atoms with E-state index in [0.717, 1.165) is 6.54 Å². The summed E-state index contributed by atoms with van der Waals surface area (Å²) in [6.45, 7) is 6.05. The molecule has 1 aliphatic rings. The third-order valence-electron chi connectivity index (χ3n) is 2.95. The highest BCUT2D eigenvalue weighted by Gasteiger charge is 2.30. The van der Waals surface area contributed by atoms with E-state index in [0.29, 0.717) is 19.1 Å². The second kappa shape index (κ2) is 5.67. The molecule has 16 heavy (non-hydrogen) atoms. The van der Waals surface area contributed by atoms with E-state index >= 15 is 0 Å². The van der Waals surface area contributed by atoms with Crippen molar-refractivity contribution in [2.45, 2.75) is 25.9 Å². The van der Waals surface area contributed by atoms with Gasteiger partial charge in [-0.2, -0.15) is 0 Å². The zero-order chi connectivity index (χ0) is 12.2. The van der Waals surface area contributed by atoms with E-state index in [1.165, 1.54) is 0 Å². The smallest absolute Gasteiger partial charge is 0.153 e. The van der Waals surface area contributed by atoms with E-state index < -0.39 is 9.84 Å². The van der Waals surface area contributed by atoms with E-state index in [9.17, 15) is 8.42 Å². The lowest BCUT2D eigenvalue weighted by atomic mass is 10.2. The van der Waals surface area contributed by atoms with Crippen LogP contribution in [0.15, 0.2) is 0 Å². The lowest BCUT2D eigenvalue weighted by molar-refractivity contribution is 0.166. The number of hydrogen-bond donors (Lipinski definition) is 1. The van der Waals surface area contributed by atoms with Gasteiger partial charge in [0.2, 0.25) is 0 Å². The van der Waals surface area contributed by atoms with Gasteiger partial charge in [0.15, 0.2) is 9.84 Å². The predicted molar refractivity (Wildman–Crippen MR) is 66.0 cm³/mol. The molecule has 1 N–H and O–H groups in total. The van der Waals surface area contributed by atoms with Crippen LogP contribution in [0.25, 0.3) is 0 Å². The van der Waals surface area contributed by atoms with Gasteiger partial charge in [0.1, 0.15) is 0 Å². The number of hydrogen-bond acceptors (Lipinski definition) is 4. The summed E-state index contributed by atoms with van der Waals surface area (Å²) >= 11 is 0.